The van der Waals surface area contributed by atoms with Crippen molar-refractivity contribution in [3.8, 4) is 11.1 Å². The van der Waals surface area contributed by atoms with Gasteiger partial charge in [0.25, 0.3) is 0 Å². The molecule has 1 atom stereocenters. The Balaban J connectivity index is 1.41. The summed E-state index contributed by atoms with van der Waals surface area (Å²) in [5.41, 5.74) is 6.84. The molecule has 4 aromatic rings. The van der Waals surface area contributed by atoms with Crippen molar-refractivity contribution in [1.82, 2.24) is 5.16 Å². The minimum absolute atomic E-state index is 0.151. The second kappa shape index (κ2) is 9.60. The Bertz CT molecular complexity index is 1290. The number of aromatic nitrogens is 1. The number of ether oxygens (including phenoxy) is 1. The van der Waals surface area contributed by atoms with Crippen molar-refractivity contribution in [3.05, 3.63) is 107 Å². The lowest BCUT2D eigenvalue weighted by Gasteiger charge is -2.36. The molecule has 0 radical (unpaired) electrons. The molecule has 34 heavy (non-hydrogen) atoms. The normalized spacial score (nSPS) is 15.1. The average Bonchev–Trinajstić information content (AvgIpc) is 3.21. The zero-order valence-corrected chi connectivity index (χ0v) is 20.0. The Morgan fingerprint density at radius 1 is 0.882 bits per heavy atom. The van der Waals surface area contributed by atoms with E-state index in [1.54, 1.807) is 0 Å². The van der Waals surface area contributed by atoms with Crippen LogP contribution in [0.4, 0.5) is 11.5 Å². The number of hydrogen-bond donors (Lipinski definition) is 0. The van der Waals surface area contributed by atoms with Crippen LogP contribution in [-0.2, 0) is 11.3 Å². The van der Waals surface area contributed by atoms with Gasteiger partial charge < -0.3 is 14.2 Å². The summed E-state index contributed by atoms with van der Waals surface area (Å²) >= 11 is 0. The predicted molar refractivity (Wildman–Crippen MR) is 138 cm³/mol. The highest BCUT2D eigenvalue weighted by Crippen LogP contribution is 2.42. The highest BCUT2D eigenvalue weighted by atomic mass is 16.5. The fourth-order valence-corrected chi connectivity index (χ4v) is 4.53. The van der Waals surface area contributed by atoms with Crippen LogP contribution in [0, 0.1) is 13.8 Å². The van der Waals surface area contributed by atoms with Gasteiger partial charge >= 0.3 is 0 Å². The molecule has 0 fully saturated rings. The van der Waals surface area contributed by atoms with Gasteiger partial charge in [-0.1, -0.05) is 85.2 Å². The van der Waals surface area contributed by atoms with Crippen LogP contribution in [0.25, 0.3) is 16.9 Å². The molecule has 0 saturated heterocycles. The number of para-hydroxylation sites is 1. The standard InChI is InChI=1S/C30H30N2O2/c1-4-10-26-19-29(33-20-23-15-17-25(18-16-23)24-11-6-5-7-12-24)27-13-8-9-14-28(27)32(26)30-21(2)22(3)34-31-30/h5-9,11-19,26H,4,10,20H2,1-3H3. The fraction of sp³-hybridized carbons (Fsp3) is 0.233. The SMILES string of the molecule is CCCC1C=C(OCc2ccc(-c3ccccc3)cc2)c2ccccc2N1c1noc(C)c1C. The molecule has 1 aromatic heterocycles. The Hall–Kier alpha value is -3.79. The molecule has 4 heteroatoms. The zero-order valence-electron chi connectivity index (χ0n) is 20.0. The Labute approximate surface area is 201 Å². The van der Waals surface area contributed by atoms with Crippen LogP contribution in [0.15, 0.2) is 89.5 Å². The molecule has 1 unspecified atom stereocenters. The van der Waals surface area contributed by atoms with E-state index in [0.717, 1.165) is 52.6 Å². The van der Waals surface area contributed by atoms with Crippen LogP contribution >= 0.6 is 0 Å². The third-order valence-electron chi connectivity index (χ3n) is 6.51. The monoisotopic (exact) mass is 450 g/mol. The van der Waals surface area contributed by atoms with Gasteiger partial charge in [0, 0.05) is 11.1 Å². The van der Waals surface area contributed by atoms with Gasteiger partial charge in [-0.05, 0) is 55.2 Å². The second-order valence-corrected chi connectivity index (χ2v) is 8.81. The number of benzene rings is 3. The van der Waals surface area contributed by atoms with E-state index in [0.29, 0.717) is 6.61 Å². The fourth-order valence-electron chi connectivity index (χ4n) is 4.53. The highest BCUT2D eigenvalue weighted by Gasteiger charge is 2.31. The van der Waals surface area contributed by atoms with E-state index in [4.69, 9.17) is 9.26 Å². The minimum Gasteiger partial charge on any atom is -0.488 e. The molecule has 0 N–H and O–H groups in total. The summed E-state index contributed by atoms with van der Waals surface area (Å²) in [4.78, 5) is 2.30. The Kier molecular flexibility index (Phi) is 6.22. The van der Waals surface area contributed by atoms with Crippen LogP contribution in [0.2, 0.25) is 0 Å². The number of nitrogens with zero attached hydrogens (tertiary/aromatic N) is 2. The first-order valence-electron chi connectivity index (χ1n) is 12.0. The maximum atomic E-state index is 6.43. The highest BCUT2D eigenvalue weighted by molar-refractivity contribution is 5.82. The first-order chi connectivity index (χ1) is 16.7. The first kappa shape index (κ1) is 22.0. The summed E-state index contributed by atoms with van der Waals surface area (Å²) in [7, 11) is 0. The maximum absolute atomic E-state index is 6.43. The van der Waals surface area contributed by atoms with Crippen molar-refractivity contribution in [2.24, 2.45) is 0 Å². The molecular weight excluding hydrogens is 420 g/mol. The van der Waals surface area contributed by atoms with E-state index >= 15 is 0 Å². The summed E-state index contributed by atoms with van der Waals surface area (Å²) in [5.74, 6) is 2.67. The number of fused-ring (bicyclic) bond motifs is 1. The quantitative estimate of drug-likeness (QED) is 0.287. The van der Waals surface area contributed by atoms with Crippen molar-refractivity contribution in [2.45, 2.75) is 46.3 Å². The molecule has 3 aromatic carbocycles. The molecule has 0 aliphatic carbocycles. The summed E-state index contributed by atoms with van der Waals surface area (Å²) in [6.45, 7) is 6.77. The maximum Gasteiger partial charge on any atom is 0.180 e. The molecule has 1 aliphatic rings. The van der Waals surface area contributed by atoms with Gasteiger partial charge in [-0.25, -0.2) is 0 Å². The van der Waals surface area contributed by atoms with E-state index in [2.05, 4.69) is 103 Å². The van der Waals surface area contributed by atoms with Gasteiger partial charge in [0.05, 0.1) is 11.7 Å². The molecular formula is C30H30N2O2. The minimum atomic E-state index is 0.151. The number of rotatable bonds is 7. The smallest absolute Gasteiger partial charge is 0.180 e. The number of aryl methyl sites for hydroxylation is 1. The van der Waals surface area contributed by atoms with Crippen molar-refractivity contribution in [2.75, 3.05) is 4.90 Å². The predicted octanol–water partition coefficient (Wildman–Crippen LogP) is 7.84. The number of hydrogen-bond acceptors (Lipinski definition) is 4. The third kappa shape index (κ3) is 4.24. The Morgan fingerprint density at radius 3 is 2.29 bits per heavy atom. The van der Waals surface area contributed by atoms with E-state index in [9.17, 15) is 0 Å². The second-order valence-electron chi connectivity index (χ2n) is 8.81. The Morgan fingerprint density at radius 2 is 1.59 bits per heavy atom. The molecule has 0 spiro atoms. The molecule has 4 nitrogen and oxygen atoms in total. The van der Waals surface area contributed by atoms with Crippen LogP contribution in [0.3, 0.4) is 0 Å². The molecule has 2 heterocycles. The lowest BCUT2D eigenvalue weighted by Crippen LogP contribution is -2.34. The van der Waals surface area contributed by atoms with E-state index in [-0.39, 0.29) is 6.04 Å². The zero-order chi connectivity index (χ0) is 23.5. The molecule has 1 aliphatic heterocycles. The van der Waals surface area contributed by atoms with E-state index < -0.39 is 0 Å². The number of anilines is 2. The van der Waals surface area contributed by atoms with Gasteiger partial charge in [-0.2, -0.15) is 0 Å². The summed E-state index contributed by atoms with van der Waals surface area (Å²) < 4.78 is 11.9. The topological polar surface area (TPSA) is 38.5 Å². The van der Waals surface area contributed by atoms with Gasteiger partial charge in [0.2, 0.25) is 0 Å². The first-order valence-corrected chi connectivity index (χ1v) is 12.0. The average molecular weight is 451 g/mol. The van der Waals surface area contributed by atoms with Crippen molar-refractivity contribution < 1.29 is 9.26 Å². The molecule has 0 amide bonds. The molecule has 0 saturated carbocycles. The molecule has 172 valence electrons. The van der Waals surface area contributed by atoms with Crippen LogP contribution in [-0.4, -0.2) is 11.2 Å². The van der Waals surface area contributed by atoms with Gasteiger partial charge in [-0.15, -0.1) is 0 Å². The van der Waals surface area contributed by atoms with Gasteiger partial charge in [0.1, 0.15) is 18.1 Å². The van der Waals surface area contributed by atoms with E-state index in [1.165, 1.54) is 11.1 Å². The third-order valence-corrected chi connectivity index (χ3v) is 6.51. The largest absolute Gasteiger partial charge is 0.488 e. The summed E-state index contributed by atoms with van der Waals surface area (Å²) in [5, 5.41) is 4.40. The van der Waals surface area contributed by atoms with Crippen molar-refractivity contribution in [1.29, 1.82) is 0 Å². The van der Waals surface area contributed by atoms with Gasteiger partial charge in [0.15, 0.2) is 5.82 Å². The lowest BCUT2D eigenvalue weighted by atomic mass is 9.97. The van der Waals surface area contributed by atoms with Gasteiger partial charge in [-0.3, -0.25) is 0 Å². The molecule has 0 bridgehead atoms. The van der Waals surface area contributed by atoms with Crippen LogP contribution < -0.4 is 4.90 Å². The lowest BCUT2D eigenvalue weighted by molar-refractivity contribution is 0.262. The van der Waals surface area contributed by atoms with Crippen LogP contribution in [0.1, 0.15) is 42.2 Å². The van der Waals surface area contributed by atoms with Crippen molar-refractivity contribution >= 4 is 17.3 Å². The van der Waals surface area contributed by atoms with Crippen LogP contribution in [0.5, 0.6) is 0 Å². The van der Waals surface area contributed by atoms with Crippen molar-refractivity contribution in [3.63, 3.8) is 0 Å². The van der Waals surface area contributed by atoms with E-state index in [1.807, 2.05) is 13.0 Å². The summed E-state index contributed by atoms with van der Waals surface area (Å²) in [6.07, 6.45) is 4.30. The summed E-state index contributed by atoms with van der Waals surface area (Å²) in [6, 6.07) is 27.6. The molecule has 5 rings (SSSR count).